The summed E-state index contributed by atoms with van der Waals surface area (Å²) in [5.74, 6) is 0. The molecule has 2 rings (SSSR count). The molecule has 2 unspecified atom stereocenters. The zero-order valence-electron chi connectivity index (χ0n) is 12.8. The van der Waals surface area contributed by atoms with Crippen LogP contribution in [0.5, 0.6) is 0 Å². The third-order valence-electron chi connectivity index (χ3n) is 4.07. The second-order valence-electron chi connectivity index (χ2n) is 5.62. The van der Waals surface area contributed by atoms with Gasteiger partial charge in [-0.2, -0.15) is 0 Å². The van der Waals surface area contributed by atoms with Gasteiger partial charge in [0, 0.05) is 37.3 Å². The molecule has 0 aromatic heterocycles. The molecular weight excluding hydrogens is 270 g/mol. The molecule has 6 heteroatoms. The lowest BCUT2D eigenvalue weighted by atomic mass is 10.0. The maximum absolute atomic E-state index is 11.0. The van der Waals surface area contributed by atoms with Gasteiger partial charge in [0.1, 0.15) is 0 Å². The highest BCUT2D eigenvalue weighted by Crippen LogP contribution is 2.26. The number of aryl methyl sites for hydroxylation is 1. The highest BCUT2D eigenvalue weighted by Gasteiger charge is 2.21. The van der Waals surface area contributed by atoms with E-state index in [4.69, 9.17) is 4.74 Å². The monoisotopic (exact) mass is 293 g/mol. The van der Waals surface area contributed by atoms with Crippen molar-refractivity contribution in [3.05, 3.63) is 39.4 Å². The molecule has 1 aromatic carbocycles. The molecule has 0 aliphatic carbocycles. The topological polar surface area (TPSA) is 67.6 Å². The van der Waals surface area contributed by atoms with Gasteiger partial charge in [0.15, 0.2) is 0 Å². The second kappa shape index (κ2) is 6.98. The summed E-state index contributed by atoms with van der Waals surface area (Å²) in [6.45, 7) is 7.12. The van der Waals surface area contributed by atoms with E-state index < -0.39 is 0 Å². The van der Waals surface area contributed by atoms with E-state index in [1.165, 1.54) is 0 Å². The summed E-state index contributed by atoms with van der Waals surface area (Å²) < 4.78 is 5.70. The molecule has 1 aliphatic rings. The maximum atomic E-state index is 11.0. The number of benzene rings is 1. The predicted molar refractivity (Wildman–Crippen MR) is 81.5 cm³/mol. The number of hydrogen-bond donors (Lipinski definition) is 1. The molecule has 6 nitrogen and oxygen atoms in total. The van der Waals surface area contributed by atoms with Crippen molar-refractivity contribution >= 4 is 5.69 Å². The zero-order valence-corrected chi connectivity index (χ0v) is 12.8. The molecule has 1 aromatic rings. The van der Waals surface area contributed by atoms with Crippen molar-refractivity contribution in [3.8, 4) is 0 Å². The van der Waals surface area contributed by atoms with Crippen molar-refractivity contribution in [2.45, 2.75) is 26.0 Å². The summed E-state index contributed by atoms with van der Waals surface area (Å²) in [6.07, 6.45) is 0.173. The number of morpholine rings is 1. The molecule has 21 heavy (non-hydrogen) atoms. The summed E-state index contributed by atoms with van der Waals surface area (Å²) in [6, 6.07) is 5.56. The van der Waals surface area contributed by atoms with Crippen LogP contribution in [0.2, 0.25) is 0 Å². The van der Waals surface area contributed by atoms with Crippen LogP contribution in [-0.4, -0.2) is 49.2 Å². The van der Waals surface area contributed by atoms with Crippen LogP contribution in [0, 0.1) is 17.0 Å². The van der Waals surface area contributed by atoms with Crippen LogP contribution in [0.1, 0.15) is 24.1 Å². The number of likely N-dealkylation sites (N-methyl/N-ethyl adjacent to an activating group) is 1. The van der Waals surface area contributed by atoms with E-state index in [0.717, 1.165) is 31.8 Å². The van der Waals surface area contributed by atoms with Crippen LogP contribution in [0.15, 0.2) is 18.2 Å². The van der Waals surface area contributed by atoms with Gasteiger partial charge in [-0.15, -0.1) is 0 Å². The number of nitro groups is 1. The van der Waals surface area contributed by atoms with E-state index in [1.807, 2.05) is 19.2 Å². The number of nitro benzene ring substituents is 1. The van der Waals surface area contributed by atoms with Crippen molar-refractivity contribution in [2.75, 3.05) is 33.3 Å². The molecule has 1 N–H and O–H groups in total. The number of nitrogens with zero attached hydrogens (tertiary/aromatic N) is 2. The Balaban J connectivity index is 2.06. The van der Waals surface area contributed by atoms with Gasteiger partial charge in [0.2, 0.25) is 0 Å². The third kappa shape index (κ3) is 4.00. The van der Waals surface area contributed by atoms with Crippen LogP contribution in [0.3, 0.4) is 0 Å². The lowest BCUT2D eigenvalue weighted by Gasteiger charge is -2.31. The Hall–Kier alpha value is -1.50. The Morgan fingerprint density at radius 2 is 2.33 bits per heavy atom. The van der Waals surface area contributed by atoms with Gasteiger partial charge in [-0.25, -0.2) is 0 Å². The molecule has 1 aliphatic heterocycles. The predicted octanol–water partition coefficient (Wildman–Crippen LogP) is 1.88. The van der Waals surface area contributed by atoms with Crippen molar-refractivity contribution in [1.29, 1.82) is 0 Å². The highest BCUT2D eigenvalue weighted by molar-refractivity contribution is 5.43. The van der Waals surface area contributed by atoms with E-state index in [-0.39, 0.29) is 22.8 Å². The molecule has 1 heterocycles. The summed E-state index contributed by atoms with van der Waals surface area (Å²) in [7, 11) is 2.02. The normalized spacial score (nSPS) is 20.5. The minimum absolute atomic E-state index is 0.106. The first-order chi connectivity index (χ1) is 9.99. The zero-order chi connectivity index (χ0) is 15.4. The van der Waals surface area contributed by atoms with Crippen LogP contribution in [0.4, 0.5) is 5.69 Å². The fourth-order valence-corrected chi connectivity index (χ4v) is 2.55. The molecule has 0 bridgehead atoms. The van der Waals surface area contributed by atoms with E-state index >= 15 is 0 Å². The SMILES string of the molecule is Cc1ccc(C(C)N(C)CC2CNCCO2)cc1[N+](=O)[O-]. The molecule has 1 saturated heterocycles. The van der Waals surface area contributed by atoms with Crippen LogP contribution in [-0.2, 0) is 4.74 Å². The Labute approximate surface area is 125 Å². The number of nitrogens with one attached hydrogen (secondary N) is 1. The van der Waals surface area contributed by atoms with Gasteiger partial charge in [-0.05, 0) is 26.5 Å². The van der Waals surface area contributed by atoms with Crippen molar-refractivity contribution < 1.29 is 9.66 Å². The summed E-state index contributed by atoms with van der Waals surface area (Å²) >= 11 is 0. The number of hydrogen-bond acceptors (Lipinski definition) is 5. The van der Waals surface area contributed by atoms with Gasteiger partial charge < -0.3 is 10.1 Å². The lowest BCUT2D eigenvalue weighted by molar-refractivity contribution is -0.385. The molecule has 0 saturated carbocycles. The molecule has 1 fully saturated rings. The Morgan fingerprint density at radius 3 is 2.95 bits per heavy atom. The van der Waals surface area contributed by atoms with Gasteiger partial charge in [0.25, 0.3) is 5.69 Å². The average molecular weight is 293 g/mol. The standard InChI is InChI=1S/C15H23N3O3/c1-11-4-5-13(8-15(11)18(19)20)12(2)17(3)10-14-9-16-6-7-21-14/h4-5,8,12,14,16H,6-7,9-10H2,1-3H3. The fourth-order valence-electron chi connectivity index (χ4n) is 2.55. The molecule has 0 amide bonds. The first-order valence-electron chi connectivity index (χ1n) is 7.26. The molecule has 2 atom stereocenters. The van der Waals surface area contributed by atoms with Crippen molar-refractivity contribution in [3.63, 3.8) is 0 Å². The Bertz CT molecular complexity index is 501. The Morgan fingerprint density at radius 1 is 1.57 bits per heavy atom. The van der Waals surface area contributed by atoms with Gasteiger partial charge in [-0.1, -0.05) is 12.1 Å². The molecular formula is C15H23N3O3. The number of ether oxygens (including phenoxy) is 1. The van der Waals surface area contributed by atoms with Gasteiger partial charge in [0.05, 0.1) is 17.6 Å². The lowest BCUT2D eigenvalue weighted by Crippen LogP contribution is -2.44. The van der Waals surface area contributed by atoms with Crippen LogP contribution < -0.4 is 5.32 Å². The quantitative estimate of drug-likeness (QED) is 0.663. The van der Waals surface area contributed by atoms with E-state index in [9.17, 15) is 10.1 Å². The smallest absolute Gasteiger partial charge is 0.272 e. The Kier molecular flexibility index (Phi) is 5.27. The van der Waals surface area contributed by atoms with Gasteiger partial charge in [-0.3, -0.25) is 15.0 Å². The minimum Gasteiger partial charge on any atom is -0.374 e. The molecule has 0 radical (unpaired) electrons. The number of rotatable bonds is 5. The minimum atomic E-state index is -0.320. The molecule has 0 spiro atoms. The maximum Gasteiger partial charge on any atom is 0.272 e. The largest absolute Gasteiger partial charge is 0.374 e. The van der Waals surface area contributed by atoms with Crippen molar-refractivity contribution in [1.82, 2.24) is 10.2 Å². The summed E-state index contributed by atoms with van der Waals surface area (Å²) in [5.41, 5.74) is 1.83. The van der Waals surface area contributed by atoms with Crippen molar-refractivity contribution in [2.24, 2.45) is 0 Å². The third-order valence-corrected chi connectivity index (χ3v) is 4.07. The average Bonchev–Trinajstić information content (AvgIpc) is 2.47. The van der Waals surface area contributed by atoms with E-state index in [2.05, 4.69) is 17.1 Å². The second-order valence-corrected chi connectivity index (χ2v) is 5.62. The highest BCUT2D eigenvalue weighted by atomic mass is 16.6. The summed E-state index contributed by atoms with van der Waals surface area (Å²) in [4.78, 5) is 12.9. The van der Waals surface area contributed by atoms with E-state index in [0.29, 0.717) is 5.56 Å². The fraction of sp³-hybridized carbons (Fsp3) is 0.600. The van der Waals surface area contributed by atoms with Crippen LogP contribution >= 0.6 is 0 Å². The first kappa shape index (κ1) is 15.9. The van der Waals surface area contributed by atoms with Crippen LogP contribution in [0.25, 0.3) is 0 Å². The first-order valence-corrected chi connectivity index (χ1v) is 7.26. The summed E-state index contributed by atoms with van der Waals surface area (Å²) in [5, 5.41) is 14.4. The van der Waals surface area contributed by atoms with E-state index in [1.54, 1.807) is 13.0 Å². The van der Waals surface area contributed by atoms with Gasteiger partial charge >= 0.3 is 0 Å². The molecule has 116 valence electrons.